The van der Waals surface area contributed by atoms with Crippen molar-refractivity contribution in [3.8, 4) is 0 Å². The SMILES string of the molecule is CC(C)c1c[nH]c2cc(Cl)ncc12. The van der Waals surface area contributed by atoms with Crippen LogP contribution in [0.15, 0.2) is 18.5 Å². The van der Waals surface area contributed by atoms with Gasteiger partial charge in [0.25, 0.3) is 0 Å². The molecule has 0 saturated heterocycles. The number of hydrogen-bond donors (Lipinski definition) is 1. The van der Waals surface area contributed by atoms with Crippen LogP contribution in [0.5, 0.6) is 0 Å². The molecule has 0 unspecified atom stereocenters. The first kappa shape index (κ1) is 8.57. The standard InChI is InChI=1S/C10H11ClN2/c1-6(2)7-4-12-9-3-10(11)13-5-8(7)9/h3-6,12H,1-2H3. The zero-order chi connectivity index (χ0) is 9.42. The number of nitrogens with one attached hydrogen (secondary N) is 1. The molecule has 1 N–H and O–H groups in total. The minimum atomic E-state index is 0.511. The maximum atomic E-state index is 5.78. The number of aromatic nitrogens is 2. The Labute approximate surface area is 81.9 Å². The summed E-state index contributed by atoms with van der Waals surface area (Å²) >= 11 is 5.78. The highest BCUT2D eigenvalue weighted by atomic mass is 35.5. The third-order valence-corrected chi connectivity index (χ3v) is 2.39. The summed E-state index contributed by atoms with van der Waals surface area (Å²) in [4.78, 5) is 7.25. The number of nitrogens with zero attached hydrogens (tertiary/aromatic N) is 1. The highest BCUT2D eigenvalue weighted by Gasteiger charge is 2.07. The van der Waals surface area contributed by atoms with Gasteiger partial charge in [0.2, 0.25) is 0 Å². The summed E-state index contributed by atoms with van der Waals surface area (Å²) in [5, 5.41) is 1.70. The van der Waals surface area contributed by atoms with Crippen LogP contribution >= 0.6 is 11.6 Å². The molecule has 0 spiro atoms. The Morgan fingerprint density at radius 2 is 2.23 bits per heavy atom. The van der Waals surface area contributed by atoms with Crippen molar-refractivity contribution in [1.82, 2.24) is 9.97 Å². The molecule has 2 rings (SSSR count). The van der Waals surface area contributed by atoms with Crippen LogP contribution in [-0.4, -0.2) is 9.97 Å². The molecule has 0 aliphatic carbocycles. The minimum absolute atomic E-state index is 0.511. The zero-order valence-corrected chi connectivity index (χ0v) is 8.39. The van der Waals surface area contributed by atoms with E-state index in [2.05, 4.69) is 23.8 Å². The Kier molecular flexibility index (Phi) is 2.00. The largest absolute Gasteiger partial charge is 0.361 e. The molecule has 3 heteroatoms. The first-order valence-corrected chi connectivity index (χ1v) is 4.69. The van der Waals surface area contributed by atoms with Crippen LogP contribution in [0.25, 0.3) is 10.9 Å². The average Bonchev–Trinajstić information content (AvgIpc) is 2.46. The lowest BCUT2D eigenvalue weighted by Crippen LogP contribution is -1.84. The second-order valence-corrected chi connectivity index (χ2v) is 3.84. The zero-order valence-electron chi connectivity index (χ0n) is 7.63. The van der Waals surface area contributed by atoms with Crippen molar-refractivity contribution < 1.29 is 0 Å². The van der Waals surface area contributed by atoms with Crippen LogP contribution in [0.1, 0.15) is 25.3 Å². The van der Waals surface area contributed by atoms with Crippen LogP contribution in [0, 0.1) is 0 Å². The molecule has 0 saturated carbocycles. The molecule has 0 aliphatic heterocycles. The smallest absolute Gasteiger partial charge is 0.131 e. The summed E-state index contributed by atoms with van der Waals surface area (Å²) < 4.78 is 0. The van der Waals surface area contributed by atoms with Gasteiger partial charge >= 0.3 is 0 Å². The molecule has 68 valence electrons. The molecule has 0 atom stereocenters. The van der Waals surface area contributed by atoms with Gasteiger partial charge in [0.05, 0.1) is 5.52 Å². The second kappa shape index (κ2) is 3.04. The van der Waals surface area contributed by atoms with E-state index in [1.807, 2.05) is 18.5 Å². The van der Waals surface area contributed by atoms with Crippen molar-refractivity contribution in [1.29, 1.82) is 0 Å². The predicted molar refractivity (Wildman–Crippen MR) is 55.2 cm³/mol. The maximum Gasteiger partial charge on any atom is 0.131 e. The molecule has 2 aromatic heterocycles. The van der Waals surface area contributed by atoms with E-state index in [1.54, 1.807) is 0 Å². The van der Waals surface area contributed by atoms with E-state index in [0.717, 1.165) is 5.52 Å². The van der Waals surface area contributed by atoms with Gasteiger partial charge in [-0.2, -0.15) is 0 Å². The molecule has 0 aliphatic rings. The molecule has 0 aromatic carbocycles. The van der Waals surface area contributed by atoms with Crippen molar-refractivity contribution in [3.63, 3.8) is 0 Å². The molecule has 2 heterocycles. The minimum Gasteiger partial charge on any atom is -0.361 e. The lowest BCUT2D eigenvalue weighted by Gasteiger charge is -2.00. The number of halogens is 1. The quantitative estimate of drug-likeness (QED) is 0.693. The number of fused-ring (bicyclic) bond motifs is 1. The van der Waals surface area contributed by atoms with Gasteiger partial charge in [-0.1, -0.05) is 25.4 Å². The summed E-state index contributed by atoms with van der Waals surface area (Å²) in [6.07, 6.45) is 3.84. The maximum absolute atomic E-state index is 5.78. The summed E-state index contributed by atoms with van der Waals surface area (Å²) in [6, 6.07) is 1.85. The van der Waals surface area contributed by atoms with Crippen molar-refractivity contribution in [2.45, 2.75) is 19.8 Å². The van der Waals surface area contributed by atoms with Crippen LogP contribution in [0.3, 0.4) is 0 Å². The van der Waals surface area contributed by atoms with E-state index in [4.69, 9.17) is 11.6 Å². The molecule has 2 nitrogen and oxygen atoms in total. The molecule has 0 fully saturated rings. The third-order valence-electron chi connectivity index (χ3n) is 2.19. The Morgan fingerprint density at radius 3 is 2.92 bits per heavy atom. The van der Waals surface area contributed by atoms with Crippen LogP contribution in [0.4, 0.5) is 0 Å². The van der Waals surface area contributed by atoms with Gasteiger partial charge < -0.3 is 4.98 Å². The molecule has 13 heavy (non-hydrogen) atoms. The fourth-order valence-electron chi connectivity index (χ4n) is 1.49. The predicted octanol–water partition coefficient (Wildman–Crippen LogP) is 3.34. The monoisotopic (exact) mass is 194 g/mol. The normalized spacial score (nSPS) is 11.4. The number of hydrogen-bond acceptors (Lipinski definition) is 1. The number of aromatic amines is 1. The van der Waals surface area contributed by atoms with E-state index >= 15 is 0 Å². The molecule has 0 amide bonds. The van der Waals surface area contributed by atoms with Gasteiger partial charge in [-0.15, -0.1) is 0 Å². The Hall–Kier alpha value is -1.02. The summed E-state index contributed by atoms with van der Waals surface area (Å²) in [5.41, 5.74) is 2.35. The molecule has 0 radical (unpaired) electrons. The van der Waals surface area contributed by atoms with Gasteiger partial charge in [-0.05, 0) is 17.5 Å². The van der Waals surface area contributed by atoms with Crippen molar-refractivity contribution in [2.75, 3.05) is 0 Å². The lowest BCUT2D eigenvalue weighted by molar-refractivity contribution is 0.875. The van der Waals surface area contributed by atoms with Crippen LogP contribution in [0.2, 0.25) is 5.15 Å². The van der Waals surface area contributed by atoms with Crippen LogP contribution < -0.4 is 0 Å². The van der Waals surface area contributed by atoms with E-state index in [9.17, 15) is 0 Å². The van der Waals surface area contributed by atoms with Crippen molar-refractivity contribution in [2.24, 2.45) is 0 Å². The number of rotatable bonds is 1. The summed E-state index contributed by atoms with van der Waals surface area (Å²) in [7, 11) is 0. The average molecular weight is 195 g/mol. The first-order chi connectivity index (χ1) is 6.18. The Morgan fingerprint density at radius 1 is 1.46 bits per heavy atom. The van der Waals surface area contributed by atoms with E-state index < -0.39 is 0 Å². The van der Waals surface area contributed by atoms with E-state index in [-0.39, 0.29) is 0 Å². The lowest BCUT2D eigenvalue weighted by atomic mass is 10.0. The topological polar surface area (TPSA) is 28.7 Å². The fourth-order valence-corrected chi connectivity index (χ4v) is 1.65. The highest BCUT2D eigenvalue weighted by Crippen LogP contribution is 2.25. The summed E-state index contributed by atoms with van der Waals surface area (Å²) in [6.45, 7) is 4.33. The fraction of sp³-hybridized carbons (Fsp3) is 0.300. The van der Waals surface area contributed by atoms with Gasteiger partial charge in [0, 0.05) is 17.8 Å². The Balaban J connectivity index is 2.69. The van der Waals surface area contributed by atoms with Crippen molar-refractivity contribution in [3.05, 3.63) is 29.2 Å². The molecular weight excluding hydrogens is 184 g/mol. The molecule has 0 bridgehead atoms. The van der Waals surface area contributed by atoms with Gasteiger partial charge in [-0.25, -0.2) is 4.98 Å². The molecular formula is C10H11ClN2. The van der Waals surface area contributed by atoms with E-state index in [0.29, 0.717) is 11.1 Å². The number of pyridine rings is 1. The van der Waals surface area contributed by atoms with Gasteiger partial charge in [0.1, 0.15) is 5.15 Å². The highest BCUT2D eigenvalue weighted by molar-refractivity contribution is 6.30. The molecule has 2 aromatic rings. The Bertz CT molecular complexity index is 431. The third kappa shape index (κ3) is 1.42. The van der Waals surface area contributed by atoms with E-state index in [1.165, 1.54) is 10.9 Å². The first-order valence-electron chi connectivity index (χ1n) is 4.31. The van der Waals surface area contributed by atoms with Gasteiger partial charge in [0.15, 0.2) is 0 Å². The van der Waals surface area contributed by atoms with Gasteiger partial charge in [-0.3, -0.25) is 0 Å². The second-order valence-electron chi connectivity index (χ2n) is 3.45. The van der Waals surface area contributed by atoms with Crippen LogP contribution in [-0.2, 0) is 0 Å². The van der Waals surface area contributed by atoms with Crippen molar-refractivity contribution >= 4 is 22.5 Å². The summed E-state index contributed by atoms with van der Waals surface area (Å²) in [5.74, 6) is 0.511. The number of H-pyrrole nitrogens is 1.